The molecule has 0 fully saturated rings. The van der Waals surface area contributed by atoms with Crippen LogP contribution < -0.4 is 0 Å². The summed E-state index contributed by atoms with van der Waals surface area (Å²) >= 11 is 6.92. The Balaban J connectivity index is 6.05. The zero-order valence-corrected chi connectivity index (χ0v) is 23.2. The second kappa shape index (κ2) is 10.9. The lowest BCUT2D eigenvalue weighted by molar-refractivity contribution is -0.163. The molecule has 0 saturated carbocycles. The highest BCUT2D eigenvalue weighted by atomic mass is 79.9. The monoisotopic (exact) mass is 526 g/mol. The Bertz CT molecular complexity index is 484. The Morgan fingerprint density at radius 2 is 1.30 bits per heavy atom. The fraction of sp³-hybridized carbons (Fsp3) is 0.857. The summed E-state index contributed by atoms with van der Waals surface area (Å²) in [6.07, 6.45) is 1.83. The molecule has 0 aliphatic rings. The van der Waals surface area contributed by atoms with Crippen LogP contribution in [-0.4, -0.2) is 26.0 Å². The van der Waals surface area contributed by atoms with Gasteiger partial charge in [0.05, 0.1) is 15.4 Å². The standard InChI is InChI=1S/C21H40Br2O3Si/c1-13(2)27(14(3)4,15(5)6)26-19(16(7)12-18(22)23)17(8)20(24)25-21(9,10)11/h12-17,19H,1-11H3/t16-,17+,19+/m0/s1. The SMILES string of the molecule is CC(C)[Si](O[C@H]([C@@H](C)C=C(Br)Br)[C@@H](C)C(=O)OC(C)(C)C)(C(C)C)C(C)C. The van der Waals surface area contributed by atoms with E-state index in [2.05, 4.69) is 86.4 Å². The van der Waals surface area contributed by atoms with Gasteiger partial charge in [0.2, 0.25) is 8.32 Å². The molecule has 0 aromatic rings. The van der Waals surface area contributed by atoms with Crippen LogP contribution in [-0.2, 0) is 14.0 Å². The summed E-state index contributed by atoms with van der Waals surface area (Å²) in [5.74, 6) is -0.486. The average molecular weight is 528 g/mol. The van der Waals surface area contributed by atoms with Gasteiger partial charge in [-0.15, -0.1) is 0 Å². The minimum Gasteiger partial charge on any atom is -0.460 e. The lowest BCUT2D eigenvalue weighted by Crippen LogP contribution is -2.53. The van der Waals surface area contributed by atoms with Gasteiger partial charge in [0.15, 0.2) is 0 Å². The van der Waals surface area contributed by atoms with Gasteiger partial charge in [-0.3, -0.25) is 4.79 Å². The minimum atomic E-state index is -2.14. The molecule has 0 aliphatic heterocycles. The van der Waals surface area contributed by atoms with Gasteiger partial charge in [0, 0.05) is 5.92 Å². The fourth-order valence-electron chi connectivity index (χ4n) is 4.13. The van der Waals surface area contributed by atoms with Crippen molar-refractivity contribution in [1.29, 1.82) is 0 Å². The van der Waals surface area contributed by atoms with Crippen LogP contribution in [0.2, 0.25) is 16.6 Å². The van der Waals surface area contributed by atoms with E-state index in [-0.39, 0.29) is 23.9 Å². The number of ether oxygens (including phenoxy) is 1. The molecule has 3 nitrogen and oxygen atoms in total. The van der Waals surface area contributed by atoms with Crippen molar-refractivity contribution < 1.29 is 14.0 Å². The molecule has 0 radical (unpaired) electrons. The molecular formula is C21H40Br2O3Si. The molecule has 0 aromatic heterocycles. The van der Waals surface area contributed by atoms with Gasteiger partial charge >= 0.3 is 5.97 Å². The molecule has 0 saturated heterocycles. The second-order valence-electron chi connectivity index (χ2n) is 9.54. The molecular weight excluding hydrogens is 488 g/mol. The number of esters is 1. The molecule has 0 aliphatic carbocycles. The minimum absolute atomic E-state index is 0.0596. The Hall–Kier alpha value is 0.347. The maximum atomic E-state index is 12.9. The van der Waals surface area contributed by atoms with Crippen LogP contribution in [0.25, 0.3) is 0 Å². The molecule has 0 rings (SSSR count). The maximum absolute atomic E-state index is 12.9. The van der Waals surface area contributed by atoms with E-state index < -0.39 is 13.9 Å². The third-order valence-corrected chi connectivity index (χ3v) is 11.8. The number of halogens is 2. The van der Waals surface area contributed by atoms with Crippen molar-refractivity contribution in [2.45, 2.75) is 104 Å². The van der Waals surface area contributed by atoms with Gasteiger partial charge < -0.3 is 9.16 Å². The van der Waals surface area contributed by atoms with E-state index in [1.165, 1.54) is 0 Å². The van der Waals surface area contributed by atoms with Crippen molar-refractivity contribution in [3.8, 4) is 0 Å². The third-order valence-electron chi connectivity index (χ3n) is 5.23. The first-order chi connectivity index (χ1) is 12.1. The first-order valence-corrected chi connectivity index (χ1v) is 13.7. The van der Waals surface area contributed by atoms with Crippen LogP contribution >= 0.6 is 31.9 Å². The van der Waals surface area contributed by atoms with Crippen molar-refractivity contribution in [2.75, 3.05) is 0 Å². The van der Waals surface area contributed by atoms with E-state index in [9.17, 15) is 4.79 Å². The summed E-state index contributed by atoms with van der Waals surface area (Å²) < 4.78 is 13.6. The third kappa shape index (κ3) is 7.94. The van der Waals surface area contributed by atoms with Crippen LogP contribution in [0.15, 0.2) is 9.47 Å². The smallest absolute Gasteiger partial charge is 0.311 e. The summed E-state index contributed by atoms with van der Waals surface area (Å²) in [4.78, 5) is 12.9. The van der Waals surface area contributed by atoms with E-state index >= 15 is 0 Å². The van der Waals surface area contributed by atoms with Gasteiger partial charge in [-0.25, -0.2) is 0 Å². The molecule has 0 bridgehead atoms. The summed E-state index contributed by atoms with van der Waals surface area (Å²) in [6, 6.07) is 0. The first-order valence-electron chi connectivity index (χ1n) is 9.99. The summed E-state index contributed by atoms with van der Waals surface area (Å²) in [5.41, 5.74) is 0.853. The van der Waals surface area contributed by atoms with Crippen LogP contribution in [0, 0.1) is 11.8 Å². The topological polar surface area (TPSA) is 35.5 Å². The molecule has 6 heteroatoms. The van der Waals surface area contributed by atoms with Crippen molar-refractivity contribution >= 4 is 46.1 Å². The molecule has 0 aromatic carbocycles. The van der Waals surface area contributed by atoms with Crippen molar-refractivity contribution in [3.05, 3.63) is 9.47 Å². The number of carbonyl (C=O) groups excluding carboxylic acids is 1. The largest absolute Gasteiger partial charge is 0.460 e. The molecule has 0 N–H and O–H groups in total. The highest BCUT2D eigenvalue weighted by molar-refractivity contribution is 9.28. The van der Waals surface area contributed by atoms with E-state index in [1.54, 1.807) is 0 Å². The van der Waals surface area contributed by atoms with E-state index in [0.717, 1.165) is 3.39 Å². The first kappa shape index (κ1) is 27.3. The number of hydrogen-bond acceptors (Lipinski definition) is 3. The highest BCUT2D eigenvalue weighted by Gasteiger charge is 2.48. The zero-order chi connectivity index (χ0) is 21.7. The van der Waals surface area contributed by atoms with Crippen LogP contribution in [0.3, 0.4) is 0 Å². The lowest BCUT2D eigenvalue weighted by atomic mass is 9.93. The fourth-order valence-corrected chi connectivity index (χ4v) is 10.7. The predicted molar refractivity (Wildman–Crippen MR) is 126 cm³/mol. The quantitative estimate of drug-likeness (QED) is 0.226. The van der Waals surface area contributed by atoms with Gasteiger partial charge in [-0.05, 0) is 76.2 Å². The van der Waals surface area contributed by atoms with Gasteiger partial charge in [0.25, 0.3) is 0 Å². The molecule has 0 amide bonds. The number of hydrogen-bond donors (Lipinski definition) is 0. The zero-order valence-electron chi connectivity index (χ0n) is 19.0. The molecule has 0 unspecified atom stereocenters. The lowest BCUT2D eigenvalue weighted by Gasteiger charge is -2.46. The van der Waals surface area contributed by atoms with Crippen LogP contribution in [0.1, 0.15) is 76.2 Å². The molecule has 0 spiro atoms. The van der Waals surface area contributed by atoms with Crippen molar-refractivity contribution in [2.24, 2.45) is 11.8 Å². The second-order valence-corrected chi connectivity index (χ2v) is 17.7. The van der Waals surface area contributed by atoms with Gasteiger partial charge in [0.1, 0.15) is 5.60 Å². The summed E-state index contributed by atoms with van der Waals surface area (Å²) in [6.45, 7) is 23.4. The van der Waals surface area contributed by atoms with Crippen molar-refractivity contribution in [3.63, 3.8) is 0 Å². The summed E-state index contributed by atoms with van der Waals surface area (Å²) in [7, 11) is -2.14. The Morgan fingerprint density at radius 1 is 0.889 bits per heavy atom. The average Bonchev–Trinajstić information content (AvgIpc) is 2.43. The highest BCUT2D eigenvalue weighted by Crippen LogP contribution is 2.45. The van der Waals surface area contributed by atoms with Crippen molar-refractivity contribution in [1.82, 2.24) is 0 Å². The number of carbonyl (C=O) groups is 1. The van der Waals surface area contributed by atoms with Crippen LogP contribution in [0.5, 0.6) is 0 Å². The van der Waals surface area contributed by atoms with Crippen LogP contribution in [0.4, 0.5) is 0 Å². The predicted octanol–water partition coefficient (Wildman–Crippen LogP) is 7.79. The summed E-state index contributed by atoms with van der Waals surface area (Å²) in [5, 5.41) is 0. The Kier molecular flexibility index (Phi) is 11.1. The normalized spacial score (nSPS) is 16.4. The van der Waals surface area contributed by atoms with Gasteiger partial charge in [-0.1, -0.05) is 54.5 Å². The molecule has 0 heterocycles. The van der Waals surface area contributed by atoms with E-state index in [0.29, 0.717) is 16.6 Å². The molecule has 160 valence electrons. The Morgan fingerprint density at radius 3 is 1.59 bits per heavy atom. The molecule has 3 atom stereocenters. The number of rotatable bonds is 9. The molecule has 27 heavy (non-hydrogen) atoms. The maximum Gasteiger partial charge on any atom is 0.311 e. The van der Waals surface area contributed by atoms with Gasteiger partial charge in [-0.2, -0.15) is 0 Å². The Labute approximate surface area is 185 Å². The van der Waals surface area contributed by atoms with E-state index in [4.69, 9.17) is 9.16 Å². The van der Waals surface area contributed by atoms with E-state index in [1.807, 2.05) is 27.7 Å².